The van der Waals surface area contributed by atoms with Crippen LogP contribution in [0.3, 0.4) is 0 Å². The monoisotopic (exact) mass is 364 g/mol. The summed E-state index contributed by atoms with van der Waals surface area (Å²) < 4.78 is 7.76. The Labute approximate surface area is 153 Å². The predicted octanol–water partition coefficient (Wildman–Crippen LogP) is 3.33. The second kappa shape index (κ2) is 7.15. The number of anilines is 1. The van der Waals surface area contributed by atoms with Crippen LogP contribution in [0.15, 0.2) is 30.6 Å². The van der Waals surface area contributed by atoms with Gasteiger partial charge in [0.15, 0.2) is 5.82 Å². The van der Waals surface area contributed by atoms with Crippen LogP contribution in [0, 0.1) is 0 Å². The second-order valence-electron chi connectivity index (χ2n) is 6.62. The van der Waals surface area contributed by atoms with Crippen molar-refractivity contribution in [1.82, 2.24) is 14.5 Å². The fourth-order valence-corrected chi connectivity index (χ4v) is 3.48. The Morgan fingerprint density at radius 3 is 2.64 bits per heavy atom. The van der Waals surface area contributed by atoms with Gasteiger partial charge in [0.05, 0.1) is 35.1 Å². The Morgan fingerprint density at radius 2 is 2.00 bits per heavy atom. The fraction of sp³-hybridized carbons (Fsp3) is 0.444. The highest BCUT2D eigenvalue weighted by Crippen LogP contribution is 2.35. The number of pyridine rings is 1. The van der Waals surface area contributed by atoms with E-state index in [0.29, 0.717) is 17.9 Å². The molecular weight excluding hydrogens is 340 g/mol. The van der Waals surface area contributed by atoms with Gasteiger partial charge in [0, 0.05) is 12.0 Å². The van der Waals surface area contributed by atoms with Crippen molar-refractivity contribution in [2.24, 2.45) is 0 Å². The maximum Gasteiger partial charge on any atom is 0.152 e. The highest BCUT2D eigenvalue weighted by molar-refractivity contribution is 6.06. The van der Waals surface area contributed by atoms with E-state index in [1.165, 1.54) is 0 Å². The maximum atomic E-state index is 10.8. The molecule has 2 atom stereocenters. The first-order valence-electron chi connectivity index (χ1n) is 8.19. The van der Waals surface area contributed by atoms with Crippen LogP contribution in [0.5, 0.6) is 0 Å². The van der Waals surface area contributed by atoms with Gasteiger partial charge in [-0.25, -0.2) is 9.97 Å². The molecule has 136 valence electrons. The molecule has 0 radical (unpaired) electrons. The van der Waals surface area contributed by atoms with Crippen LogP contribution in [0.2, 0.25) is 0 Å². The van der Waals surface area contributed by atoms with E-state index in [-0.39, 0.29) is 24.6 Å². The molecule has 0 spiro atoms. The van der Waals surface area contributed by atoms with Crippen molar-refractivity contribution in [2.75, 3.05) is 12.3 Å². The molecule has 2 aromatic heterocycles. The number of aliphatic hydroxyl groups is 1. The first kappa shape index (κ1) is 19.4. The first-order valence-corrected chi connectivity index (χ1v) is 8.19. The molecule has 6 nitrogen and oxygen atoms in total. The minimum absolute atomic E-state index is 0. The Balaban J connectivity index is 0.00000225. The number of nitrogens with zero attached hydrogens (tertiary/aromatic N) is 3. The molecule has 25 heavy (non-hydrogen) atoms. The molecule has 7 heteroatoms. The molecule has 0 saturated carbocycles. The van der Waals surface area contributed by atoms with Gasteiger partial charge in [-0.2, -0.15) is 0 Å². The first-order chi connectivity index (χ1) is 11.3. The molecule has 1 aromatic carbocycles. The summed E-state index contributed by atoms with van der Waals surface area (Å²) in [5, 5.41) is 11.7. The number of hydrogen-bond acceptors (Lipinski definition) is 5. The summed E-state index contributed by atoms with van der Waals surface area (Å²) in [5.74, 6) is 0.390. The van der Waals surface area contributed by atoms with Gasteiger partial charge in [-0.1, -0.05) is 18.2 Å². The fourth-order valence-electron chi connectivity index (χ4n) is 3.48. The van der Waals surface area contributed by atoms with Crippen LogP contribution in [-0.2, 0) is 4.74 Å². The second-order valence-corrected chi connectivity index (χ2v) is 6.62. The summed E-state index contributed by atoms with van der Waals surface area (Å²) in [7, 11) is 0. The molecule has 0 amide bonds. The number of nitrogen functional groups attached to an aromatic ring is 1. The van der Waals surface area contributed by atoms with Crippen LogP contribution >= 0.6 is 12.4 Å². The van der Waals surface area contributed by atoms with E-state index in [2.05, 4.69) is 9.97 Å². The number of fused-ring (bicyclic) bond motifs is 3. The highest BCUT2D eigenvalue weighted by Gasteiger charge is 2.35. The Kier molecular flexibility index (Phi) is 5.56. The standard InChI is InChI=1S/C18H24N4O2.ClH/c1-5-24-11(2)16(18(3,4)23)22-10-20-14-15(22)12-8-6-7-9-13(12)21-17(14)19;/h6-11,16,23H,5H2,1-4H3,(H2,19,21);1H/t11-,16+;/m0./s1. The topological polar surface area (TPSA) is 86.2 Å². The minimum atomic E-state index is -0.999. The summed E-state index contributed by atoms with van der Waals surface area (Å²) in [4.78, 5) is 8.88. The van der Waals surface area contributed by atoms with Crippen LogP contribution in [0.4, 0.5) is 5.82 Å². The summed E-state index contributed by atoms with van der Waals surface area (Å²) in [6, 6.07) is 7.50. The quantitative estimate of drug-likeness (QED) is 0.725. The van der Waals surface area contributed by atoms with E-state index in [1.807, 2.05) is 42.7 Å². The molecule has 3 rings (SSSR count). The van der Waals surface area contributed by atoms with E-state index >= 15 is 0 Å². The number of aromatic nitrogens is 3. The summed E-state index contributed by atoms with van der Waals surface area (Å²) in [5.41, 5.74) is 7.43. The van der Waals surface area contributed by atoms with Gasteiger partial charge in [0.2, 0.25) is 0 Å². The van der Waals surface area contributed by atoms with Gasteiger partial charge in [-0.3, -0.25) is 0 Å². The van der Waals surface area contributed by atoms with Crippen molar-refractivity contribution in [3.05, 3.63) is 30.6 Å². The Bertz CT molecular complexity index is 873. The van der Waals surface area contributed by atoms with E-state index < -0.39 is 5.60 Å². The van der Waals surface area contributed by atoms with Crippen molar-refractivity contribution in [1.29, 1.82) is 0 Å². The smallest absolute Gasteiger partial charge is 0.152 e. The lowest BCUT2D eigenvalue weighted by atomic mass is 9.93. The van der Waals surface area contributed by atoms with Crippen LogP contribution in [0.1, 0.15) is 33.7 Å². The summed E-state index contributed by atoms with van der Waals surface area (Å²) in [6.45, 7) is 8.05. The van der Waals surface area contributed by atoms with Gasteiger partial charge in [0.1, 0.15) is 5.52 Å². The van der Waals surface area contributed by atoms with Gasteiger partial charge >= 0.3 is 0 Å². The molecule has 3 aromatic rings. The molecule has 2 heterocycles. The number of benzene rings is 1. The number of nitrogens with two attached hydrogens (primary N) is 1. The zero-order valence-corrected chi connectivity index (χ0v) is 15.7. The highest BCUT2D eigenvalue weighted by atomic mass is 35.5. The number of para-hydroxylation sites is 1. The summed E-state index contributed by atoms with van der Waals surface area (Å²) in [6.07, 6.45) is 1.52. The normalized spacial score (nSPS) is 14.4. The maximum absolute atomic E-state index is 10.8. The number of ether oxygens (including phenoxy) is 1. The molecular formula is C18H25ClN4O2. The van der Waals surface area contributed by atoms with Crippen molar-refractivity contribution < 1.29 is 9.84 Å². The number of hydrogen-bond donors (Lipinski definition) is 2. The van der Waals surface area contributed by atoms with Crippen LogP contribution < -0.4 is 5.73 Å². The average Bonchev–Trinajstić information content (AvgIpc) is 2.92. The molecule has 0 bridgehead atoms. The van der Waals surface area contributed by atoms with E-state index in [9.17, 15) is 5.11 Å². The SMILES string of the molecule is CCO[C@@H](C)[C@@H](n1cnc2c(N)nc3ccccc3c21)C(C)(C)O.Cl. The molecule has 3 N–H and O–H groups in total. The molecule has 0 saturated heterocycles. The third-order valence-corrected chi connectivity index (χ3v) is 4.33. The molecule has 0 aliphatic heterocycles. The minimum Gasteiger partial charge on any atom is -0.388 e. The van der Waals surface area contributed by atoms with Gasteiger partial charge in [-0.05, 0) is 33.8 Å². The third-order valence-electron chi connectivity index (χ3n) is 4.33. The lowest BCUT2D eigenvalue weighted by Crippen LogP contribution is -2.41. The lowest BCUT2D eigenvalue weighted by molar-refractivity contribution is -0.0573. The van der Waals surface area contributed by atoms with E-state index in [1.54, 1.807) is 20.2 Å². The zero-order valence-electron chi connectivity index (χ0n) is 14.9. The number of imidazole rings is 1. The van der Waals surface area contributed by atoms with Crippen molar-refractivity contribution in [3.8, 4) is 0 Å². The lowest BCUT2D eigenvalue weighted by Gasteiger charge is -2.35. The predicted molar refractivity (Wildman–Crippen MR) is 103 cm³/mol. The molecule has 0 unspecified atom stereocenters. The Hall–Kier alpha value is -1.89. The molecule has 0 fully saturated rings. The summed E-state index contributed by atoms with van der Waals surface area (Å²) >= 11 is 0. The number of rotatable bonds is 5. The van der Waals surface area contributed by atoms with Crippen molar-refractivity contribution >= 4 is 40.2 Å². The van der Waals surface area contributed by atoms with E-state index in [0.717, 1.165) is 16.4 Å². The number of halogens is 1. The molecule has 0 aliphatic carbocycles. The Morgan fingerprint density at radius 1 is 1.32 bits per heavy atom. The largest absolute Gasteiger partial charge is 0.388 e. The molecule has 0 aliphatic rings. The van der Waals surface area contributed by atoms with Crippen molar-refractivity contribution in [2.45, 2.75) is 45.4 Å². The third kappa shape index (κ3) is 3.42. The zero-order chi connectivity index (χ0) is 17.5. The average molecular weight is 365 g/mol. The van der Waals surface area contributed by atoms with Crippen molar-refractivity contribution in [3.63, 3.8) is 0 Å². The van der Waals surface area contributed by atoms with Gasteiger partial charge in [-0.15, -0.1) is 12.4 Å². The van der Waals surface area contributed by atoms with Gasteiger partial charge in [0.25, 0.3) is 0 Å². The van der Waals surface area contributed by atoms with Crippen LogP contribution in [-0.4, -0.2) is 38.0 Å². The van der Waals surface area contributed by atoms with Crippen LogP contribution in [0.25, 0.3) is 21.9 Å². The van der Waals surface area contributed by atoms with Gasteiger partial charge < -0.3 is 20.1 Å². The van der Waals surface area contributed by atoms with E-state index in [4.69, 9.17) is 10.5 Å².